The average molecular weight is 243 g/mol. The van der Waals surface area contributed by atoms with Crippen LogP contribution in [-0.2, 0) is 6.54 Å². The van der Waals surface area contributed by atoms with Gasteiger partial charge in [-0.2, -0.15) is 0 Å². The van der Waals surface area contributed by atoms with Crippen LogP contribution in [0, 0.1) is 5.92 Å². The second-order valence-corrected chi connectivity index (χ2v) is 4.96. The predicted molar refractivity (Wildman–Crippen MR) is 77.8 cm³/mol. The fourth-order valence-corrected chi connectivity index (χ4v) is 2.02. The zero-order chi connectivity index (χ0) is 13.0. The molecule has 2 rings (SSSR count). The first-order valence-electron chi connectivity index (χ1n) is 6.48. The molecule has 1 aromatic carbocycles. The van der Waals surface area contributed by atoms with Gasteiger partial charge in [-0.3, -0.25) is 0 Å². The zero-order valence-corrected chi connectivity index (χ0v) is 11.3. The molecule has 0 saturated carbocycles. The highest BCUT2D eigenvalue weighted by Crippen LogP contribution is 2.21. The number of benzene rings is 1. The molecule has 0 aliphatic rings. The van der Waals surface area contributed by atoms with E-state index >= 15 is 0 Å². The number of aromatic nitrogens is 1. The van der Waals surface area contributed by atoms with Crippen molar-refractivity contribution in [3.8, 4) is 0 Å². The maximum Gasteiger partial charge on any atom is 0.133 e. The summed E-state index contributed by atoms with van der Waals surface area (Å²) in [6.07, 6.45) is 0. The van der Waals surface area contributed by atoms with E-state index in [1.54, 1.807) is 0 Å². The van der Waals surface area contributed by atoms with E-state index in [1.807, 2.05) is 13.1 Å². The molecule has 0 unspecified atom stereocenters. The second-order valence-electron chi connectivity index (χ2n) is 4.96. The Hall–Kier alpha value is -1.61. The first-order valence-corrected chi connectivity index (χ1v) is 6.48. The van der Waals surface area contributed by atoms with Crippen molar-refractivity contribution >= 4 is 16.6 Å². The van der Waals surface area contributed by atoms with Crippen molar-refractivity contribution in [3.63, 3.8) is 0 Å². The minimum atomic E-state index is 0.661. The molecule has 0 aliphatic heterocycles. The Morgan fingerprint density at radius 1 is 1.22 bits per heavy atom. The van der Waals surface area contributed by atoms with Crippen molar-refractivity contribution in [3.05, 3.63) is 36.0 Å². The topological polar surface area (TPSA) is 37.0 Å². The summed E-state index contributed by atoms with van der Waals surface area (Å²) in [5.74, 6) is 1.61. The van der Waals surface area contributed by atoms with Crippen molar-refractivity contribution in [2.24, 2.45) is 5.92 Å². The van der Waals surface area contributed by atoms with E-state index in [-0.39, 0.29) is 0 Å². The van der Waals surface area contributed by atoms with E-state index < -0.39 is 0 Å². The Morgan fingerprint density at radius 3 is 2.72 bits per heavy atom. The SMILES string of the molecule is CNc1nc(CNCC(C)C)cc2ccccc12. The molecule has 1 aromatic heterocycles. The first kappa shape index (κ1) is 12.8. The van der Waals surface area contributed by atoms with Crippen molar-refractivity contribution < 1.29 is 0 Å². The molecule has 0 saturated heterocycles. The van der Waals surface area contributed by atoms with E-state index in [2.05, 4.69) is 53.7 Å². The van der Waals surface area contributed by atoms with E-state index in [0.717, 1.165) is 24.6 Å². The Labute approximate surface area is 109 Å². The largest absolute Gasteiger partial charge is 0.373 e. The van der Waals surface area contributed by atoms with Crippen LogP contribution in [0.4, 0.5) is 5.82 Å². The summed E-state index contributed by atoms with van der Waals surface area (Å²) in [5, 5.41) is 9.01. The summed E-state index contributed by atoms with van der Waals surface area (Å²) in [4.78, 5) is 4.64. The fraction of sp³-hybridized carbons (Fsp3) is 0.400. The molecule has 0 fully saturated rings. The molecule has 2 N–H and O–H groups in total. The van der Waals surface area contributed by atoms with Crippen LogP contribution in [0.1, 0.15) is 19.5 Å². The van der Waals surface area contributed by atoms with Crippen molar-refractivity contribution in [2.45, 2.75) is 20.4 Å². The summed E-state index contributed by atoms with van der Waals surface area (Å²) in [5.41, 5.74) is 1.08. The van der Waals surface area contributed by atoms with Crippen LogP contribution < -0.4 is 10.6 Å². The molecule has 0 spiro atoms. The van der Waals surface area contributed by atoms with Gasteiger partial charge in [-0.25, -0.2) is 4.98 Å². The van der Waals surface area contributed by atoms with Gasteiger partial charge < -0.3 is 10.6 Å². The second kappa shape index (κ2) is 5.83. The fourth-order valence-electron chi connectivity index (χ4n) is 2.02. The van der Waals surface area contributed by atoms with Crippen molar-refractivity contribution in [1.82, 2.24) is 10.3 Å². The van der Waals surface area contributed by atoms with Crippen LogP contribution >= 0.6 is 0 Å². The van der Waals surface area contributed by atoms with Crippen LogP contribution in [0.3, 0.4) is 0 Å². The minimum absolute atomic E-state index is 0.661. The smallest absolute Gasteiger partial charge is 0.133 e. The number of rotatable bonds is 5. The van der Waals surface area contributed by atoms with E-state index in [9.17, 15) is 0 Å². The Morgan fingerprint density at radius 2 is 2.00 bits per heavy atom. The van der Waals surface area contributed by atoms with Gasteiger partial charge in [0.15, 0.2) is 0 Å². The normalized spacial score (nSPS) is 11.1. The summed E-state index contributed by atoms with van der Waals surface area (Å²) >= 11 is 0. The average Bonchev–Trinajstić information content (AvgIpc) is 2.37. The van der Waals surface area contributed by atoms with Crippen molar-refractivity contribution in [1.29, 1.82) is 0 Å². The van der Waals surface area contributed by atoms with Crippen LogP contribution in [0.5, 0.6) is 0 Å². The molecule has 0 radical (unpaired) electrons. The molecular formula is C15H21N3. The van der Waals surface area contributed by atoms with Gasteiger partial charge in [0.05, 0.1) is 5.69 Å². The minimum Gasteiger partial charge on any atom is -0.373 e. The maximum absolute atomic E-state index is 4.64. The van der Waals surface area contributed by atoms with Gasteiger partial charge >= 0.3 is 0 Å². The lowest BCUT2D eigenvalue weighted by atomic mass is 10.1. The molecule has 0 atom stereocenters. The third kappa shape index (κ3) is 2.99. The molecule has 2 aromatic rings. The van der Waals surface area contributed by atoms with Crippen LogP contribution in [0.2, 0.25) is 0 Å². The molecule has 0 aliphatic carbocycles. The number of hydrogen-bond donors (Lipinski definition) is 2. The molecule has 1 heterocycles. The molecular weight excluding hydrogens is 222 g/mol. The van der Waals surface area contributed by atoms with Gasteiger partial charge in [-0.1, -0.05) is 38.1 Å². The van der Waals surface area contributed by atoms with Crippen LogP contribution in [0.25, 0.3) is 10.8 Å². The standard InChI is InChI=1S/C15H21N3/c1-11(2)9-17-10-13-8-12-6-4-5-7-14(12)15(16-3)18-13/h4-8,11,17H,9-10H2,1-3H3,(H,16,18). The first-order chi connectivity index (χ1) is 8.70. The third-order valence-electron chi connectivity index (χ3n) is 2.89. The Balaban J connectivity index is 2.24. The molecule has 96 valence electrons. The zero-order valence-electron chi connectivity index (χ0n) is 11.3. The molecule has 0 amide bonds. The van der Waals surface area contributed by atoms with Crippen molar-refractivity contribution in [2.75, 3.05) is 18.9 Å². The third-order valence-corrected chi connectivity index (χ3v) is 2.89. The molecule has 3 heteroatoms. The Kier molecular flexibility index (Phi) is 4.15. The quantitative estimate of drug-likeness (QED) is 0.847. The monoisotopic (exact) mass is 243 g/mol. The van der Waals surface area contributed by atoms with E-state index in [1.165, 1.54) is 10.8 Å². The van der Waals surface area contributed by atoms with Gasteiger partial charge in [0.2, 0.25) is 0 Å². The van der Waals surface area contributed by atoms with E-state index in [4.69, 9.17) is 0 Å². The molecule has 18 heavy (non-hydrogen) atoms. The Bertz CT molecular complexity index is 520. The number of fused-ring (bicyclic) bond motifs is 1. The molecule has 0 bridgehead atoms. The summed E-state index contributed by atoms with van der Waals surface area (Å²) in [7, 11) is 1.92. The van der Waals surface area contributed by atoms with Gasteiger partial charge in [-0.05, 0) is 23.9 Å². The number of nitrogens with zero attached hydrogens (tertiary/aromatic N) is 1. The van der Waals surface area contributed by atoms with Gasteiger partial charge in [-0.15, -0.1) is 0 Å². The lowest BCUT2D eigenvalue weighted by molar-refractivity contribution is 0.548. The number of anilines is 1. The number of pyridine rings is 1. The highest BCUT2D eigenvalue weighted by Gasteiger charge is 2.04. The maximum atomic E-state index is 4.64. The van der Waals surface area contributed by atoms with Crippen LogP contribution in [0.15, 0.2) is 30.3 Å². The predicted octanol–water partition coefficient (Wildman–Crippen LogP) is 3.02. The van der Waals surface area contributed by atoms with Gasteiger partial charge in [0.1, 0.15) is 5.82 Å². The summed E-state index contributed by atoms with van der Waals surface area (Å²) in [6.45, 7) is 6.25. The number of hydrogen-bond acceptors (Lipinski definition) is 3. The summed E-state index contributed by atoms with van der Waals surface area (Å²) in [6, 6.07) is 10.5. The number of nitrogens with one attached hydrogen (secondary N) is 2. The van der Waals surface area contributed by atoms with Crippen LogP contribution in [-0.4, -0.2) is 18.6 Å². The lowest BCUT2D eigenvalue weighted by Gasteiger charge is -2.10. The van der Waals surface area contributed by atoms with E-state index in [0.29, 0.717) is 5.92 Å². The highest BCUT2D eigenvalue weighted by atomic mass is 15.0. The highest BCUT2D eigenvalue weighted by molar-refractivity contribution is 5.92. The molecule has 3 nitrogen and oxygen atoms in total. The van der Waals surface area contributed by atoms with Gasteiger partial charge in [0, 0.05) is 19.0 Å². The van der Waals surface area contributed by atoms with Gasteiger partial charge in [0.25, 0.3) is 0 Å². The lowest BCUT2D eigenvalue weighted by Crippen LogP contribution is -2.19. The summed E-state index contributed by atoms with van der Waals surface area (Å²) < 4.78 is 0.